The molecule has 24 heavy (non-hydrogen) atoms. The van der Waals surface area contributed by atoms with Crippen LogP contribution in [0.25, 0.3) is 10.8 Å². The van der Waals surface area contributed by atoms with Crippen LogP contribution >= 0.6 is 0 Å². The van der Waals surface area contributed by atoms with Gasteiger partial charge in [0.25, 0.3) is 0 Å². The maximum Gasteiger partial charge on any atom is 0.154 e. The zero-order valence-electron chi connectivity index (χ0n) is 13.7. The molecule has 0 radical (unpaired) electrons. The second kappa shape index (κ2) is 6.58. The Morgan fingerprint density at radius 2 is 1.62 bits per heavy atom. The Kier molecular flexibility index (Phi) is 4.14. The lowest BCUT2D eigenvalue weighted by atomic mass is 9.92. The number of carbonyl (C=O) groups excluding carboxylic acids is 1. The van der Waals surface area contributed by atoms with E-state index in [1.165, 1.54) is 16.3 Å². The Hall–Kier alpha value is -2.45. The van der Waals surface area contributed by atoms with Gasteiger partial charge in [-0.2, -0.15) is 0 Å². The lowest BCUT2D eigenvalue weighted by Gasteiger charge is -2.35. The van der Waals surface area contributed by atoms with Crippen LogP contribution in [0.1, 0.15) is 30.0 Å². The van der Waals surface area contributed by atoms with Crippen LogP contribution in [0.15, 0.2) is 72.8 Å². The summed E-state index contributed by atoms with van der Waals surface area (Å²) < 4.78 is 0. The second-order valence-electron chi connectivity index (χ2n) is 6.54. The van der Waals surface area contributed by atoms with Gasteiger partial charge in [0.1, 0.15) is 0 Å². The summed E-state index contributed by atoms with van der Waals surface area (Å²) in [6, 6.07) is 25.1. The van der Waals surface area contributed by atoms with Crippen molar-refractivity contribution in [3.63, 3.8) is 0 Å². The van der Waals surface area contributed by atoms with Gasteiger partial charge in [-0.3, -0.25) is 9.69 Å². The minimum atomic E-state index is -0.122. The minimum absolute atomic E-state index is 0.122. The molecular formula is C22H21NO. The lowest BCUT2D eigenvalue weighted by Crippen LogP contribution is -2.38. The number of hydrogen-bond donors (Lipinski definition) is 0. The molecule has 4 rings (SSSR count). The molecule has 1 heterocycles. The lowest BCUT2D eigenvalue weighted by molar-refractivity contribution is -0.127. The van der Waals surface area contributed by atoms with Crippen LogP contribution in [0.3, 0.4) is 0 Å². The van der Waals surface area contributed by atoms with Gasteiger partial charge < -0.3 is 0 Å². The van der Waals surface area contributed by atoms with Gasteiger partial charge in [0.2, 0.25) is 0 Å². The fourth-order valence-corrected chi connectivity index (χ4v) is 3.69. The van der Waals surface area contributed by atoms with E-state index in [-0.39, 0.29) is 6.04 Å². The van der Waals surface area contributed by atoms with E-state index in [1.54, 1.807) is 0 Å². The van der Waals surface area contributed by atoms with Crippen molar-refractivity contribution in [3.05, 3.63) is 83.9 Å². The van der Waals surface area contributed by atoms with Crippen LogP contribution in [0.4, 0.5) is 0 Å². The van der Waals surface area contributed by atoms with E-state index in [0.29, 0.717) is 12.2 Å². The highest BCUT2D eigenvalue weighted by Gasteiger charge is 2.30. The molecule has 1 aliphatic heterocycles. The number of fused-ring (bicyclic) bond motifs is 1. The van der Waals surface area contributed by atoms with E-state index in [2.05, 4.69) is 71.6 Å². The van der Waals surface area contributed by atoms with E-state index in [0.717, 1.165) is 25.1 Å². The Morgan fingerprint density at radius 3 is 2.46 bits per heavy atom. The highest BCUT2D eigenvalue weighted by molar-refractivity contribution is 5.89. The molecule has 0 N–H and O–H groups in total. The number of benzene rings is 3. The highest BCUT2D eigenvalue weighted by Crippen LogP contribution is 2.31. The quantitative estimate of drug-likeness (QED) is 0.695. The summed E-state index contributed by atoms with van der Waals surface area (Å²) in [6.45, 7) is 1.79. The number of carbonyl (C=O) groups is 1. The zero-order valence-corrected chi connectivity index (χ0v) is 13.7. The number of piperidine rings is 1. The molecule has 3 aromatic carbocycles. The summed E-state index contributed by atoms with van der Waals surface area (Å²) in [7, 11) is 0. The third-order valence-electron chi connectivity index (χ3n) is 4.86. The molecule has 0 spiro atoms. The van der Waals surface area contributed by atoms with Crippen molar-refractivity contribution in [2.75, 3.05) is 6.54 Å². The van der Waals surface area contributed by atoms with Crippen LogP contribution < -0.4 is 0 Å². The second-order valence-corrected chi connectivity index (χ2v) is 6.54. The molecule has 120 valence electrons. The molecule has 0 aliphatic carbocycles. The van der Waals surface area contributed by atoms with Crippen molar-refractivity contribution in [2.24, 2.45) is 0 Å². The molecule has 2 heteroatoms. The van der Waals surface area contributed by atoms with Crippen molar-refractivity contribution >= 4 is 16.6 Å². The van der Waals surface area contributed by atoms with Gasteiger partial charge >= 0.3 is 0 Å². The molecule has 1 fully saturated rings. The van der Waals surface area contributed by atoms with Gasteiger partial charge in [-0.15, -0.1) is 0 Å². The Balaban J connectivity index is 1.69. The van der Waals surface area contributed by atoms with Crippen LogP contribution in [0.2, 0.25) is 0 Å². The number of rotatable bonds is 3. The fraction of sp³-hybridized carbons (Fsp3) is 0.227. The average Bonchev–Trinajstić information content (AvgIpc) is 2.62. The molecular weight excluding hydrogens is 294 g/mol. The smallest absolute Gasteiger partial charge is 0.154 e. The molecule has 3 aromatic rings. The van der Waals surface area contributed by atoms with Gasteiger partial charge in [-0.25, -0.2) is 0 Å². The van der Waals surface area contributed by atoms with E-state index < -0.39 is 0 Å². The third kappa shape index (κ3) is 2.98. The first-order valence-corrected chi connectivity index (χ1v) is 8.61. The SMILES string of the molecule is O=C1CCCN(Cc2ccccc2)C1c1ccc2ccccc2c1. The zero-order chi connectivity index (χ0) is 16.4. The maximum atomic E-state index is 12.7. The highest BCUT2D eigenvalue weighted by atomic mass is 16.1. The summed E-state index contributed by atoms with van der Waals surface area (Å²) in [5, 5.41) is 2.42. The average molecular weight is 315 g/mol. The van der Waals surface area contributed by atoms with E-state index in [9.17, 15) is 4.79 Å². The fourth-order valence-electron chi connectivity index (χ4n) is 3.69. The molecule has 2 nitrogen and oxygen atoms in total. The summed E-state index contributed by atoms with van der Waals surface area (Å²) in [4.78, 5) is 15.0. The number of hydrogen-bond acceptors (Lipinski definition) is 2. The van der Waals surface area contributed by atoms with E-state index in [1.807, 2.05) is 6.07 Å². The Morgan fingerprint density at radius 1 is 0.875 bits per heavy atom. The van der Waals surface area contributed by atoms with Crippen molar-refractivity contribution < 1.29 is 4.79 Å². The van der Waals surface area contributed by atoms with Gasteiger partial charge in [0.05, 0.1) is 6.04 Å². The maximum absolute atomic E-state index is 12.7. The molecule has 1 atom stereocenters. The predicted molar refractivity (Wildman–Crippen MR) is 97.8 cm³/mol. The van der Waals surface area contributed by atoms with E-state index >= 15 is 0 Å². The summed E-state index contributed by atoms with van der Waals surface area (Å²) in [6.07, 6.45) is 1.64. The molecule has 0 saturated carbocycles. The summed E-state index contributed by atoms with van der Waals surface area (Å²) in [5.74, 6) is 0.340. The summed E-state index contributed by atoms with van der Waals surface area (Å²) >= 11 is 0. The Labute approximate surface area is 142 Å². The van der Waals surface area contributed by atoms with Crippen LogP contribution in [-0.2, 0) is 11.3 Å². The van der Waals surface area contributed by atoms with Crippen molar-refractivity contribution in [3.8, 4) is 0 Å². The minimum Gasteiger partial charge on any atom is -0.298 e. The first-order valence-electron chi connectivity index (χ1n) is 8.61. The molecule has 0 aromatic heterocycles. The van der Waals surface area contributed by atoms with E-state index in [4.69, 9.17) is 0 Å². The van der Waals surface area contributed by atoms with Gasteiger partial charge in [-0.1, -0.05) is 66.7 Å². The van der Waals surface area contributed by atoms with Crippen LogP contribution in [-0.4, -0.2) is 17.2 Å². The first-order chi connectivity index (χ1) is 11.8. The Bertz CT molecular complexity index is 856. The van der Waals surface area contributed by atoms with Gasteiger partial charge in [0.15, 0.2) is 5.78 Å². The molecule has 1 aliphatic rings. The van der Waals surface area contributed by atoms with Gasteiger partial charge in [-0.05, 0) is 40.9 Å². The van der Waals surface area contributed by atoms with Crippen molar-refractivity contribution in [1.29, 1.82) is 0 Å². The van der Waals surface area contributed by atoms with Crippen LogP contribution in [0, 0.1) is 0 Å². The third-order valence-corrected chi connectivity index (χ3v) is 4.86. The number of likely N-dealkylation sites (tertiary alicyclic amines) is 1. The molecule has 1 unspecified atom stereocenters. The number of nitrogens with zero attached hydrogens (tertiary/aromatic N) is 1. The van der Waals surface area contributed by atoms with Crippen molar-refractivity contribution in [1.82, 2.24) is 4.90 Å². The molecule has 0 amide bonds. The van der Waals surface area contributed by atoms with Gasteiger partial charge in [0, 0.05) is 13.0 Å². The van der Waals surface area contributed by atoms with Crippen LogP contribution in [0.5, 0.6) is 0 Å². The summed E-state index contributed by atoms with van der Waals surface area (Å²) in [5.41, 5.74) is 2.38. The normalized spacial score (nSPS) is 18.8. The predicted octanol–water partition coefficient (Wildman–Crippen LogP) is 4.75. The van der Waals surface area contributed by atoms with Crippen molar-refractivity contribution in [2.45, 2.75) is 25.4 Å². The number of ketones is 1. The number of Topliss-reactive ketones (excluding diaryl/α,β-unsaturated/α-hetero) is 1. The monoisotopic (exact) mass is 315 g/mol. The largest absolute Gasteiger partial charge is 0.298 e. The molecule has 1 saturated heterocycles. The standard InChI is InChI=1S/C22H21NO/c24-21-11-6-14-23(16-17-7-2-1-3-8-17)22(21)20-13-12-18-9-4-5-10-19(18)15-20/h1-5,7-10,12-13,15,22H,6,11,14,16H2. The topological polar surface area (TPSA) is 20.3 Å². The first kappa shape index (κ1) is 15.1. The molecule has 0 bridgehead atoms.